The van der Waals surface area contributed by atoms with E-state index < -0.39 is 5.60 Å². The molecule has 0 radical (unpaired) electrons. The van der Waals surface area contributed by atoms with Crippen LogP contribution in [0.4, 0.5) is 16.2 Å². The van der Waals surface area contributed by atoms with Crippen molar-refractivity contribution in [3.05, 3.63) is 53.6 Å². The number of nitrogens with zero attached hydrogens (tertiary/aromatic N) is 3. The summed E-state index contributed by atoms with van der Waals surface area (Å²) >= 11 is 0. The number of rotatable bonds is 10. The van der Waals surface area contributed by atoms with Gasteiger partial charge in [-0.1, -0.05) is 13.3 Å². The molecule has 38 heavy (non-hydrogen) atoms. The van der Waals surface area contributed by atoms with E-state index in [1.807, 2.05) is 51.1 Å². The van der Waals surface area contributed by atoms with E-state index in [-0.39, 0.29) is 19.5 Å². The molecule has 2 aromatic rings. The largest absolute Gasteiger partial charge is 0.494 e. The van der Waals surface area contributed by atoms with Gasteiger partial charge in [-0.25, -0.2) is 4.79 Å². The fourth-order valence-electron chi connectivity index (χ4n) is 4.46. The number of methoxy groups -OCH3 is 1. The molecule has 0 bridgehead atoms. The first-order chi connectivity index (χ1) is 18.0. The van der Waals surface area contributed by atoms with Gasteiger partial charge in [0.2, 0.25) is 0 Å². The molecule has 8 heteroatoms. The molecule has 0 aromatic heterocycles. The molecule has 210 valence electrons. The van der Waals surface area contributed by atoms with Crippen LogP contribution in [0.1, 0.15) is 64.3 Å². The van der Waals surface area contributed by atoms with Gasteiger partial charge in [0.1, 0.15) is 11.4 Å². The van der Waals surface area contributed by atoms with Gasteiger partial charge in [-0.05, 0) is 76.1 Å². The minimum Gasteiger partial charge on any atom is -0.494 e. The van der Waals surface area contributed by atoms with Crippen molar-refractivity contribution in [1.82, 2.24) is 4.90 Å². The summed E-state index contributed by atoms with van der Waals surface area (Å²) in [7, 11) is 5.24. The van der Waals surface area contributed by atoms with E-state index >= 15 is 0 Å². The van der Waals surface area contributed by atoms with Gasteiger partial charge in [0.05, 0.1) is 19.3 Å². The summed E-state index contributed by atoms with van der Waals surface area (Å²) in [6.45, 7) is 10.3. The van der Waals surface area contributed by atoms with Gasteiger partial charge in [-0.3, -0.25) is 4.79 Å². The standard InChI is InChI=1S/C30H43N3O5.H2/c1-8-9-18-37-26-13-10-22(11-14-26)28(34)31(5)24-12-15-27(23(19-24)21-36-7)33-17-16-25(20-33)32(6)29(35)38-30(2,3)4;/h10-15,19,25H,8-9,16-18,20-21H2,1-7H3;1H. The molecule has 2 aromatic carbocycles. The summed E-state index contributed by atoms with van der Waals surface area (Å²) in [6.07, 6.45) is 2.62. The molecule has 1 fully saturated rings. The zero-order valence-corrected chi connectivity index (χ0v) is 24.0. The Labute approximate surface area is 228 Å². The van der Waals surface area contributed by atoms with Crippen molar-refractivity contribution >= 4 is 23.4 Å². The van der Waals surface area contributed by atoms with Gasteiger partial charge in [0, 0.05) is 58.2 Å². The Hall–Kier alpha value is -3.26. The van der Waals surface area contributed by atoms with Crippen LogP contribution < -0.4 is 14.5 Å². The molecule has 1 aliphatic rings. The van der Waals surface area contributed by atoms with Gasteiger partial charge in [-0.2, -0.15) is 0 Å². The first kappa shape index (κ1) is 29.3. The van der Waals surface area contributed by atoms with Crippen molar-refractivity contribution < 1.29 is 25.2 Å². The smallest absolute Gasteiger partial charge is 0.410 e. The number of anilines is 2. The molecule has 0 N–H and O–H groups in total. The van der Waals surface area contributed by atoms with E-state index in [1.54, 1.807) is 43.1 Å². The number of hydrogen-bond acceptors (Lipinski definition) is 6. The van der Waals surface area contributed by atoms with E-state index in [1.165, 1.54) is 0 Å². The van der Waals surface area contributed by atoms with Crippen LogP contribution in [0.25, 0.3) is 0 Å². The fourth-order valence-corrected chi connectivity index (χ4v) is 4.46. The summed E-state index contributed by atoms with van der Waals surface area (Å²) in [5.41, 5.74) is 2.89. The van der Waals surface area contributed by atoms with Crippen LogP contribution >= 0.6 is 0 Å². The number of hydrogen-bond donors (Lipinski definition) is 0. The monoisotopic (exact) mass is 527 g/mol. The molecule has 0 aliphatic carbocycles. The lowest BCUT2D eigenvalue weighted by atomic mass is 10.1. The van der Waals surface area contributed by atoms with Crippen molar-refractivity contribution in [3.8, 4) is 5.75 Å². The van der Waals surface area contributed by atoms with Crippen LogP contribution in [0.2, 0.25) is 0 Å². The number of benzene rings is 2. The second-order valence-electron chi connectivity index (χ2n) is 10.8. The van der Waals surface area contributed by atoms with Gasteiger partial charge in [-0.15, -0.1) is 0 Å². The second kappa shape index (κ2) is 13.0. The number of ether oxygens (including phenoxy) is 3. The average Bonchev–Trinajstić information content (AvgIpc) is 3.37. The quantitative estimate of drug-likeness (QED) is 0.354. The highest BCUT2D eigenvalue weighted by Crippen LogP contribution is 2.31. The molecule has 1 unspecified atom stereocenters. The van der Waals surface area contributed by atoms with E-state index in [0.29, 0.717) is 25.3 Å². The zero-order valence-electron chi connectivity index (χ0n) is 24.0. The second-order valence-corrected chi connectivity index (χ2v) is 10.8. The van der Waals surface area contributed by atoms with Crippen LogP contribution in [-0.2, 0) is 16.1 Å². The topological polar surface area (TPSA) is 71.6 Å². The van der Waals surface area contributed by atoms with Crippen LogP contribution in [-0.4, -0.2) is 69.4 Å². The Morgan fingerprint density at radius 1 is 1.11 bits per heavy atom. The predicted octanol–water partition coefficient (Wildman–Crippen LogP) is 5.98. The molecule has 8 nitrogen and oxygen atoms in total. The molecule has 0 saturated carbocycles. The summed E-state index contributed by atoms with van der Waals surface area (Å²) in [4.78, 5) is 31.4. The van der Waals surface area contributed by atoms with Gasteiger partial charge >= 0.3 is 6.09 Å². The number of amides is 2. The zero-order chi connectivity index (χ0) is 27.9. The first-order valence-electron chi connectivity index (χ1n) is 13.4. The Morgan fingerprint density at radius 2 is 1.82 bits per heavy atom. The van der Waals surface area contributed by atoms with Crippen LogP contribution in [0.5, 0.6) is 5.75 Å². The van der Waals surface area contributed by atoms with Crippen LogP contribution in [0.15, 0.2) is 42.5 Å². The Morgan fingerprint density at radius 3 is 2.45 bits per heavy atom. The molecule has 3 rings (SSSR count). The lowest BCUT2D eigenvalue weighted by molar-refractivity contribution is 0.0237. The first-order valence-corrected chi connectivity index (χ1v) is 13.4. The summed E-state index contributed by atoms with van der Waals surface area (Å²) < 4.78 is 16.8. The van der Waals surface area contributed by atoms with Crippen LogP contribution in [0.3, 0.4) is 0 Å². The normalized spacial score (nSPS) is 15.3. The maximum absolute atomic E-state index is 13.2. The third-order valence-corrected chi connectivity index (χ3v) is 6.66. The lowest BCUT2D eigenvalue weighted by Gasteiger charge is -2.29. The van der Waals surface area contributed by atoms with Gasteiger partial charge in [0.25, 0.3) is 5.91 Å². The van der Waals surface area contributed by atoms with Crippen molar-refractivity contribution in [2.75, 3.05) is 50.7 Å². The molecule has 1 heterocycles. The third-order valence-electron chi connectivity index (χ3n) is 6.66. The molecule has 1 atom stereocenters. The molecular formula is C30H45N3O5. The lowest BCUT2D eigenvalue weighted by Crippen LogP contribution is -2.42. The van der Waals surface area contributed by atoms with Crippen molar-refractivity contribution in [2.24, 2.45) is 0 Å². The third kappa shape index (κ3) is 7.63. The molecular weight excluding hydrogens is 482 g/mol. The van der Waals surface area contributed by atoms with Crippen molar-refractivity contribution in [3.63, 3.8) is 0 Å². The molecule has 1 saturated heterocycles. The maximum Gasteiger partial charge on any atom is 0.410 e. The van der Waals surface area contributed by atoms with Gasteiger partial charge in [0.15, 0.2) is 0 Å². The van der Waals surface area contributed by atoms with E-state index in [2.05, 4.69) is 11.8 Å². The number of likely N-dealkylation sites (N-methyl/N-ethyl adjacent to an activating group) is 1. The molecule has 2 amide bonds. The minimum atomic E-state index is -0.529. The Balaban J connectivity index is 0.00000533. The number of carbonyl (C=O) groups is 2. The van der Waals surface area contributed by atoms with Gasteiger partial charge < -0.3 is 28.9 Å². The summed E-state index contributed by atoms with van der Waals surface area (Å²) in [5.74, 6) is 0.673. The molecule has 1 aliphatic heterocycles. The number of carbonyl (C=O) groups excluding carboxylic acids is 2. The van der Waals surface area contributed by atoms with Crippen molar-refractivity contribution in [1.29, 1.82) is 0 Å². The number of unbranched alkanes of at least 4 members (excludes halogenated alkanes) is 1. The van der Waals surface area contributed by atoms with Crippen molar-refractivity contribution in [2.45, 2.75) is 65.2 Å². The SMILES string of the molecule is CCCCOc1ccc(C(=O)N(C)c2ccc(N3CCC(N(C)C(=O)OC(C)(C)C)C3)c(COC)c2)cc1.[HH]. The minimum absolute atomic E-state index is 0. The maximum atomic E-state index is 13.2. The highest BCUT2D eigenvalue weighted by molar-refractivity contribution is 6.05. The van der Waals surface area contributed by atoms with E-state index in [9.17, 15) is 9.59 Å². The predicted molar refractivity (Wildman–Crippen MR) is 153 cm³/mol. The summed E-state index contributed by atoms with van der Waals surface area (Å²) in [6, 6.07) is 13.3. The van der Waals surface area contributed by atoms with Crippen LogP contribution in [0, 0.1) is 0 Å². The highest BCUT2D eigenvalue weighted by Gasteiger charge is 2.32. The Kier molecular flexibility index (Phi) is 10.0. The average molecular weight is 528 g/mol. The highest BCUT2D eigenvalue weighted by atomic mass is 16.6. The van der Waals surface area contributed by atoms with E-state index in [4.69, 9.17) is 14.2 Å². The Bertz CT molecular complexity index is 1090. The summed E-state index contributed by atoms with van der Waals surface area (Å²) in [5, 5.41) is 0. The molecule has 0 spiro atoms. The van der Waals surface area contributed by atoms with E-state index in [0.717, 1.165) is 48.5 Å². The fraction of sp³-hybridized carbons (Fsp3) is 0.533.